The summed E-state index contributed by atoms with van der Waals surface area (Å²) in [7, 11) is 1.75. The molecule has 1 aromatic rings. The van der Waals surface area contributed by atoms with Crippen LogP contribution in [0.4, 0.5) is 11.5 Å². The molecular weight excluding hydrogens is 284 g/mol. The standard InChI is InChI=1S/C12H17ClN4O3/c1-8-10(17(18)19)11(15-12(13)14-8)16(2)7-9-5-3-4-6-20-9/h9H,3-7H2,1-2H3. The number of hydrogen-bond donors (Lipinski definition) is 0. The molecule has 0 bridgehead atoms. The predicted octanol–water partition coefficient (Wildman–Crippen LogP) is 2.35. The van der Waals surface area contributed by atoms with Crippen LogP contribution in [0.5, 0.6) is 0 Å². The largest absolute Gasteiger partial charge is 0.376 e. The summed E-state index contributed by atoms with van der Waals surface area (Å²) in [5.74, 6) is 0.238. The molecule has 1 saturated heterocycles. The number of halogens is 1. The third kappa shape index (κ3) is 3.34. The van der Waals surface area contributed by atoms with Gasteiger partial charge in [0, 0.05) is 20.2 Å². The Bertz CT molecular complexity index is 506. The Balaban J connectivity index is 2.23. The minimum absolute atomic E-state index is 0.0134. The highest BCUT2D eigenvalue weighted by molar-refractivity contribution is 6.28. The van der Waals surface area contributed by atoms with Crippen LogP contribution < -0.4 is 4.90 Å². The lowest BCUT2D eigenvalue weighted by atomic mass is 10.1. The molecule has 0 radical (unpaired) electrons. The van der Waals surface area contributed by atoms with Crippen molar-refractivity contribution in [3.8, 4) is 0 Å². The summed E-state index contributed by atoms with van der Waals surface area (Å²) in [5.41, 5.74) is 0.161. The van der Waals surface area contributed by atoms with E-state index in [0.29, 0.717) is 6.54 Å². The van der Waals surface area contributed by atoms with Crippen LogP contribution in [0.2, 0.25) is 5.28 Å². The molecule has 0 aromatic carbocycles. The van der Waals surface area contributed by atoms with Gasteiger partial charge in [0.15, 0.2) is 0 Å². The minimum Gasteiger partial charge on any atom is -0.376 e. The minimum atomic E-state index is -0.473. The monoisotopic (exact) mass is 300 g/mol. The molecule has 1 aliphatic rings. The number of hydrogen-bond acceptors (Lipinski definition) is 6. The first-order chi connectivity index (χ1) is 9.49. The summed E-state index contributed by atoms with van der Waals surface area (Å²) >= 11 is 5.81. The van der Waals surface area contributed by atoms with Crippen LogP contribution in [-0.2, 0) is 4.74 Å². The second kappa shape index (κ2) is 6.32. The summed E-state index contributed by atoms with van der Waals surface area (Å²) < 4.78 is 5.64. The Labute approximate surface area is 122 Å². The molecule has 110 valence electrons. The van der Waals surface area contributed by atoms with Crippen LogP contribution in [0.15, 0.2) is 0 Å². The maximum Gasteiger partial charge on any atom is 0.332 e. The van der Waals surface area contributed by atoms with Gasteiger partial charge in [0.1, 0.15) is 5.69 Å². The fraction of sp³-hybridized carbons (Fsp3) is 0.667. The summed E-state index contributed by atoms with van der Waals surface area (Å²) in [5, 5.41) is 11.2. The van der Waals surface area contributed by atoms with Crippen molar-refractivity contribution in [1.29, 1.82) is 0 Å². The molecule has 1 aliphatic heterocycles. The van der Waals surface area contributed by atoms with Crippen LogP contribution in [0.25, 0.3) is 0 Å². The first kappa shape index (κ1) is 14.9. The van der Waals surface area contributed by atoms with Crippen molar-refractivity contribution >= 4 is 23.1 Å². The van der Waals surface area contributed by atoms with Crippen molar-refractivity contribution in [3.63, 3.8) is 0 Å². The molecule has 2 rings (SSSR count). The average Bonchev–Trinajstić information content (AvgIpc) is 2.38. The fourth-order valence-corrected chi connectivity index (χ4v) is 2.55. The summed E-state index contributed by atoms with van der Waals surface area (Å²) in [4.78, 5) is 20.3. The number of aromatic nitrogens is 2. The van der Waals surface area contributed by atoms with Gasteiger partial charge in [-0.25, -0.2) is 4.98 Å². The number of rotatable bonds is 4. The molecule has 1 fully saturated rings. The Morgan fingerprint density at radius 2 is 2.25 bits per heavy atom. The van der Waals surface area contributed by atoms with Crippen molar-refractivity contribution < 1.29 is 9.66 Å². The smallest absolute Gasteiger partial charge is 0.332 e. The van der Waals surface area contributed by atoms with Crippen molar-refractivity contribution in [2.75, 3.05) is 25.1 Å². The van der Waals surface area contributed by atoms with E-state index in [4.69, 9.17) is 16.3 Å². The predicted molar refractivity (Wildman–Crippen MR) is 75.3 cm³/mol. The molecule has 2 heterocycles. The molecule has 0 amide bonds. The van der Waals surface area contributed by atoms with Crippen LogP contribution >= 0.6 is 11.6 Å². The van der Waals surface area contributed by atoms with E-state index in [9.17, 15) is 10.1 Å². The first-order valence-electron chi connectivity index (χ1n) is 6.50. The molecule has 0 saturated carbocycles. The number of anilines is 1. The lowest BCUT2D eigenvalue weighted by Gasteiger charge is -2.27. The number of nitrogens with zero attached hydrogens (tertiary/aromatic N) is 4. The highest BCUT2D eigenvalue weighted by Gasteiger charge is 2.26. The summed E-state index contributed by atoms with van der Waals surface area (Å²) in [6, 6.07) is 0. The fourth-order valence-electron chi connectivity index (χ4n) is 2.34. The second-order valence-corrected chi connectivity index (χ2v) is 5.21. The molecule has 1 atom stereocenters. The Morgan fingerprint density at radius 3 is 2.85 bits per heavy atom. The molecule has 0 spiro atoms. The van der Waals surface area contributed by atoms with Crippen molar-refractivity contribution in [1.82, 2.24) is 9.97 Å². The van der Waals surface area contributed by atoms with Crippen molar-refractivity contribution in [2.24, 2.45) is 0 Å². The zero-order valence-corrected chi connectivity index (χ0v) is 12.3. The van der Waals surface area contributed by atoms with Gasteiger partial charge in [-0.1, -0.05) is 0 Å². The van der Waals surface area contributed by atoms with Crippen LogP contribution in [0.1, 0.15) is 25.0 Å². The van der Waals surface area contributed by atoms with Crippen molar-refractivity contribution in [3.05, 3.63) is 21.1 Å². The molecule has 1 aromatic heterocycles. The van der Waals surface area contributed by atoms with Crippen LogP contribution in [-0.4, -0.2) is 41.2 Å². The highest BCUT2D eigenvalue weighted by Crippen LogP contribution is 2.29. The number of likely N-dealkylation sites (N-methyl/N-ethyl adjacent to an activating group) is 1. The van der Waals surface area contributed by atoms with Gasteiger partial charge < -0.3 is 9.64 Å². The molecule has 7 nitrogen and oxygen atoms in total. The zero-order chi connectivity index (χ0) is 14.7. The Hall–Kier alpha value is -1.47. The van der Waals surface area contributed by atoms with Gasteiger partial charge in [0.05, 0.1) is 11.0 Å². The molecular formula is C12H17ClN4O3. The van der Waals surface area contributed by atoms with Crippen LogP contribution in [0, 0.1) is 17.0 Å². The van der Waals surface area contributed by atoms with Gasteiger partial charge in [0.25, 0.3) is 0 Å². The summed E-state index contributed by atoms with van der Waals surface area (Å²) in [6.07, 6.45) is 3.21. The lowest BCUT2D eigenvalue weighted by Crippen LogP contribution is -2.34. The molecule has 1 unspecified atom stereocenters. The topological polar surface area (TPSA) is 81.4 Å². The lowest BCUT2D eigenvalue weighted by molar-refractivity contribution is -0.385. The van der Waals surface area contributed by atoms with E-state index in [2.05, 4.69) is 9.97 Å². The highest BCUT2D eigenvalue weighted by atomic mass is 35.5. The number of aryl methyl sites for hydroxylation is 1. The van der Waals surface area contributed by atoms with E-state index in [-0.39, 0.29) is 28.6 Å². The van der Waals surface area contributed by atoms with Gasteiger partial charge in [0.2, 0.25) is 11.1 Å². The first-order valence-corrected chi connectivity index (χ1v) is 6.88. The Morgan fingerprint density at radius 1 is 1.50 bits per heavy atom. The third-order valence-corrected chi connectivity index (χ3v) is 3.48. The van der Waals surface area contributed by atoms with E-state index < -0.39 is 4.92 Å². The average molecular weight is 301 g/mol. The van der Waals surface area contributed by atoms with Crippen LogP contribution in [0.3, 0.4) is 0 Å². The molecule has 0 aliphatic carbocycles. The van der Waals surface area contributed by atoms with E-state index in [1.165, 1.54) is 0 Å². The van der Waals surface area contributed by atoms with Gasteiger partial charge in [-0.15, -0.1) is 0 Å². The summed E-state index contributed by atoms with van der Waals surface area (Å²) in [6.45, 7) is 2.85. The normalized spacial score (nSPS) is 18.9. The maximum atomic E-state index is 11.2. The Kier molecular flexibility index (Phi) is 4.72. The number of nitro groups is 1. The second-order valence-electron chi connectivity index (χ2n) is 4.88. The van der Waals surface area contributed by atoms with E-state index in [1.54, 1.807) is 18.9 Å². The van der Waals surface area contributed by atoms with Gasteiger partial charge >= 0.3 is 5.69 Å². The molecule has 0 N–H and O–H groups in total. The maximum absolute atomic E-state index is 11.2. The zero-order valence-electron chi connectivity index (χ0n) is 11.5. The third-order valence-electron chi connectivity index (χ3n) is 3.31. The molecule has 8 heteroatoms. The van der Waals surface area contributed by atoms with E-state index >= 15 is 0 Å². The van der Waals surface area contributed by atoms with Gasteiger partial charge in [-0.05, 0) is 37.8 Å². The van der Waals surface area contributed by atoms with Gasteiger partial charge in [-0.2, -0.15) is 4.98 Å². The van der Waals surface area contributed by atoms with Crippen molar-refractivity contribution in [2.45, 2.75) is 32.3 Å². The number of ether oxygens (including phenoxy) is 1. The van der Waals surface area contributed by atoms with E-state index in [1.807, 2.05) is 0 Å². The van der Waals surface area contributed by atoms with Gasteiger partial charge in [-0.3, -0.25) is 10.1 Å². The van der Waals surface area contributed by atoms with E-state index in [0.717, 1.165) is 25.9 Å². The quantitative estimate of drug-likeness (QED) is 0.482. The molecule has 20 heavy (non-hydrogen) atoms. The SMILES string of the molecule is Cc1nc(Cl)nc(N(C)CC2CCCCO2)c1[N+](=O)[O-].